The van der Waals surface area contributed by atoms with Crippen molar-refractivity contribution in [3.63, 3.8) is 0 Å². The molecule has 4 heteroatoms. The fraction of sp³-hybridized carbons (Fsp3) is 0.375. The van der Waals surface area contributed by atoms with Crippen LogP contribution in [0, 0.1) is 0 Å². The van der Waals surface area contributed by atoms with Gasteiger partial charge in [0.2, 0.25) is 0 Å². The van der Waals surface area contributed by atoms with Crippen LogP contribution in [0.25, 0.3) is 0 Å². The van der Waals surface area contributed by atoms with E-state index >= 15 is 0 Å². The zero-order valence-electron chi connectivity index (χ0n) is 6.72. The lowest BCUT2D eigenvalue weighted by Gasteiger charge is -2.02. The van der Waals surface area contributed by atoms with E-state index in [0.717, 1.165) is 6.54 Å². The summed E-state index contributed by atoms with van der Waals surface area (Å²) < 4.78 is 24.0. The van der Waals surface area contributed by atoms with Gasteiger partial charge in [0.05, 0.1) is 0 Å². The minimum absolute atomic E-state index is 0.0448. The molecule has 0 saturated carbocycles. The topological polar surface area (TPSA) is 24.9 Å². The highest BCUT2D eigenvalue weighted by Crippen LogP contribution is 2.18. The van der Waals surface area contributed by atoms with Crippen LogP contribution < -0.4 is 5.32 Å². The number of halogens is 2. The van der Waals surface area contributed by atoms with Crippen LogP contribution in [0.4, 0.5) is 14.6 Å². The first-order valence-corrected chi connectivity index (χ1v) is 3.72. The van der Waals surface area contributed by atoms with Gasteiger partial charge in [-0.2, -0.15) is 0 Å². The SMILES string of the molecule is CCNc1ccc(C(F)F)cn1. The summed E-state index contributed by atoms with van der Waals surface area (Å²) in [5.74, 6) is 0.627. The molecule has 12 heavy (non-hydrogen) atoms. The van der Waals surface area contributed by atoms with Crippen LogP contribution in [-0.4, -0.2) is 11.5 Å². The second kappa shape index (κ2) is 3.99. The minimum Gasteiger partial charge on any atom is -0.370 e. The summed E-state index contributed by atoms with van der Waals surface area (Å²) in [4.78, 5) is 3.80. The number of alkyl halides is 2. The lowest BCUT2D eigenvalue weighted by molar-refractivity contribution is 0.151. The van der Waals surface area contributed by atoms with E-state index in [2.05, 4.69) is 10.3 Å². The van der Waals surface area contributed by atoms with Crippen molar-refractivity contribution in [3.8, 4) is 0 Å². The average molecular weight is 172 g/mol. The second-order valence-electron chi connectivity index (χ2n) is 2.31. The Kier molecular flexibility index (Phi) is 2.96. The summed E-state index contributed by atoms with van der Waals surface area (Å²) in [5, 5.41) is 2.92. The highest BCUT2D eigenvalue weighted by Gasteiger charge is 2.05. The van der Waals surface area contributed by atoms with Gasteiger partial charge in [0.15, 0.2) is 0 Å². The molecule has 1 N–H and O–H groups in total. The summed E-state index contributed by atoms with van der Waals surface area (Å²) in [6.07, 6.45) is -1.25. The minimum atomic E-state index is -2.44. The van der Waals surface area contributed by atoms with Crippen LogP contribution in [0.2, 0.25) is 0 Å². The van der Waals surface area contributed by atoms with Gasteiger partial charge in [-0.3, -0.25) is 0 Å². The van der Waals surface area contributed by atoms with Gasteiger partial charge in [0.25, 0.3) is 6.43 Å². The zero-order chi connectivity index (χ0) is 8.97. The van der Waals surface area contributed by atoms with Crippen molar-refractivity contribution in [2.24, 2.45) is 0 Å². The molecule has 0 saturated heterocycles. The highest BCUT2D eigenvalue weighted by molar-refractivity contribution is 5.35. The molecule has 0 aliphatic carbocycles. The van der Waals surface area contributed by atoms with Crippen molar-refractivity contribution in [1.29, 1.82) is 0 Å². The number of hydrogen-bond acceptors (Lipinski definition) is 2. The Morgan fingerprint density at radius 3 is 2.67 bits per heavy atom. The Hall–Kier alpha value is -1.19. The second-order valence-corrected chi connectivity index (χ2v) is 2.31. The highest BCUT2D eigenvalue weighted by atomic mass is 19.3. The maximum absolute atomic E-state index is 12.0. The maximum Gasteiger partial charge on any atom is 0.265 e. The summed E-state index contributed by atoms with van der Waals surface area (Å²) in [7, 11) is 0. The molecule has 1 aromatic heterocycles. The van der Waals surface area contributed by atoms with E-state index < -0.39 is 6.43 Å². The molecule has 66 valence electrons. The van der Waals surface area contributed by atoms with E-state index in [-0.39, 0.29) is 5.56 Å². The molecule has 0 bridgehead atoms. The number of aromatic nitrogens is 1. The molecular weight excluding hydrogens is 162 g/mol. The standard InChI is InChI=1S/C8H10F2N2/c1-2-11-7-4-3-6(5-12-7)8(9)10/h3-5,8H,2H2,1H3,(H,11,12). The molecular formula is C8H10F2N2. The van der Waals surface area contributed by atoms with E-state index in [1.54, 1.807) is 6.07 Å². The number of anilines is 1. The number of nitrogens with zero attached hydrogens (tertiary/aromatic N) is 1. The quantitative estimate of drug-likeness (QED) is 0.757. The first-order chi connectivity index (χ1) is 5.74. The van der Waals surface area contributed by atoms with E-state index in [1.807, 2.05) is 6.92 Å². The van der Waals surface area contributed by atoms with E-state index in [0.29, 0.717) is 5.82 Å². The predicted molar refractivity (Wildman–Crippen MR) is 43.4 cm³/mol. The van der Waals surface area contributed by atoms with Crippen LogP contribution >= 0.6 is 0 Å². The van der Waals surface area contributed by atoms with Gasteiger partial charge < -0.3 is 5.32 Å². The number of hydrogen-bond donors (Lipinski definition) is 1. The van der Waals surface area contributed by atoms with Gasteiger partial charge in [-0.15, -0.1) is 0 Å². The number of pyridine rings is 1. The van der Waals surface area contributed by atoms with Gasteiger partial charge in [0.1, 0.15) is 5.82 Å². The fourth-order valence-corrected chi connectivity index (χ4v) is 0.820. The van der Waals surface area contributed by atoms with Crippen molar-refractivity contribution in [1.82, 2.24) is 4.98 Å². The smallest absolute Gasteiger partial charge is 0.265 e. The van der Waals surface area contributed by atoms with Crippen LogP contribution in [0.1, 0.15) is 18.9 Å². The zero-order valence-corrected chi connectivity index (χ0v) is 6.72. The van der Waals surface area contributed by atoms with Gasteiger partial charge in [-0.1, -0.05) is 0 Å². The summed E-state index contributed by atoms with van der Waals surface area (Å²) in [6.45, 7) is 2.66. The average Bonchev–Trinajstić information content (AvgIpc) is 2.06. The van der Waals surface area contributed by atoms with E-state index in [9.17, 15) is 8.78 Å². The van der Waals surface area contributed by atoms with Crippen LogP contribution in [-0.2, 0) is 0 Å². The van der Waals surface area contributed by atoms with E-state index in [1.165, 1.54) is 12.3 Å². The molecule has 1 heterocycles. The molecule has 2 nitrogen and oxygen atoms in total. The molecule has 0 aliphatic heterocycles. The number of nitrogens with one attached hydrogen (secondary N) is 1. The summed E-state index contributed by atoms with van der Waals surface area (Å²) >= 11 is 0. The van der Waals surface area contributed by atoms with Crippen LogP contribution in [0.15, 0.2) is 18.3 Å². The summed E-state index contributed by atoms with van der Waals surface area (Å²) in [5.41, 5.74) is -0.0448. The first-order valence-electron chi connectivity index (χ1n) is 3.72. The summed E-state index contributed by atoms with van der Waals surface area (Å²) in [6, 6.07) is 2.92. The van der Waals surface area contributed by atoms with Gasteiger partial charge in [-0.25, -0.2) is 13.8 Å². The van der Waals surface area contributed by atoms with Gasteiger partial charge >= 0.3 is 0 Å². The Labute approximate surface area is 69.6 Å². The third kappa shape index (κ3) is 2.15. The van der Waals surface area contributed by atoms with Crippen molar-refractivity contribution >= 4 is 5.82 Å². The lowest BCUT2D eigenvalue weighted by atomic mass is 10.3. The third-order valence-corrected chi connectivity index (χ3v) is 1.40. The molecule has 0 amide bonds. The number of rotatable bonds is 3. The third-order valence-electron chi connectivity index (χ3n) is 1.40. The first kappa shape index (κ1) is 8.90. The van der Waals surface area contributed by atoms with Crippen LogP contribution in [0.5, 0.6) is 0 Å². The molecule has 1 aromatic rings. The lowest BCUT2D eigenvalue weighted by Crippen LogP contribution is -1.99. The molecule has 0 aliphatic rings. The predicted octanol–water partition coefficient (Wildman–Crippen LogP) is 2.45. The largest absolute Gasteiger partial charge is 0.370 e. The van der Waals surface area contributed by atoms with Crippen molar-refractivity contribution in [2.45, 2.75) is 13.3 Å². The normalized spacial score (nSPS) is 10.3. The molecule has 0 spiro atoms. The van der Waals surface area contributed by atoms with Crippen molar-refractivity contribution in [2.75, 3.05) is 11.9 Å². The Morgan fingerprint density at radius 2 is 2.25 bits per heavy atom. The molecule has 0 unspecified atom stereocenters. The Morgan fingerprint density at radius 1 is 1.50 bits per heavy atom. The van der Waals surface area contributed by atoms with Crippen molar-refractivity contribution in [3.05, 3.63) is 23.9 Å². The molecule has 0 radical (unpaired) electrons. The molecule has 0 fully saturated rings. The van der Waals surface area contributed by atoms with Gasteiger partial charge in [-0.05, 0) is 19.1 Å². The molecule has 1 rings (SSSR count). The van der Waals surface area contributed by atoms with E-state index in [4.69, 9.17) is 0 Å². The Bertz CT molecular complexity index is 233. The monoisotopic (exact) mass is 172 g/mol. The van der Waals surface area contributed by atoms with Crippen molar-refractivity contribution < 1.29 is 8.78 Å². The Balaban J connectivity index is 2.71. The molecule has 0 aromatic carbocycles. The maximum atomic E-state index is 12.0. The fourth-order valence-electron chi connectivity index (χ4n) is 0.820. The van der Waals surface area contributed by atoms with Crippen LogP contribution in [0.3, 0.4) is 0 Å². The van der Waals surface area contributed by atoms with Gasteiger partial charge in [0, 0.05) is 18.3 Å². The molecule has 0 atom stereocenters.